The van der Waals surface area contributed by atoms with Gasteiger partial charge in [-0.3, -0.25) is 4.79 Å². The van der Waals surface area contributed by atoms with Crippen molar-refractivity contribution in [2.75, 3.05) is 26.2 Å². The first-order valence-electron chi connectivity index (χ1n) is 9.75. The second kappa shape index (κ2) is 8.56. The zero-order valence-corrected chi connectivity index (χ0v) is 19.2. The van der Waals surface area contributed by atoms with Gasteiger partial charge in [0.15, 0.2) is 10.6 Å². The molecule has 1 amide bonds. The van der Waals surface area contributed by atoms with Crippen molar-refractivity contribution in [3.8, 4) is 5.75 Å². The summed E-state index contributed by atoms with van der Waals surface area (Å²) in [6, 6.07) is 6.82. The number of sulfonamides is 1. The third-order valence-corrected chi connectivity index (χ3v) is 7.16. The molecule has 0 atom stereocenters. The molecular formula is C20H27ClN4O4S. The van der Waals surface area contributed by atoms with Crippen LogP contribution in [0.1, 0.15) is 26.1 Å². The molecule has 0 saturated carbocycles. The average molecular weight is 455 g/mol. The molecule has 0 bridgehead atoms. The van der Waals surface area contributed by atoms with E-state index in [2.05, 4.69) is 4.98 Å². The van der Waals surface area contributed by atoms with E-state index in [1.54, 1.807) is 61.6 Å². The first-order chi connectivity index (χ1) is 14.0. The summed E-state index contributed by atoms with van der Waals surface area (Å²) in [5.41, 5.74) is -1.10. The van der Waals surface area contributed by atoms with Crippen molar-refractivity contribution in [3.05, 3.63) is 41.3 Å². The van der Waals surface area contributed by atoms with E-state index < -0.39 is 15.6 Å². The van der Waals surface area contributed by atoms with Crippen LogP contribution in [0, 0.1) is 6.92 Å². The van der Waals surface area contributed by atoms with Crippen molar-refractivity contribution in [1.82, 2.24) is 18.8 Å². The van der Waals surface area contributed by atoms with Gasteiger partial charge in [-0.15, -0.1) is 0 Å². The van der Waals surface area contributed by atoms with Gasteiger partial charge in [-0.05, 0) is 51.5 Å². The summed E-state index contributed by atoms with van der Waals surface area (Å²) < 4.78 is 34.9. The molecule has 8 nitrogen and oxygen atoms in total. The highest BCUT2D eigenvalue weighted by Crippen LogP contribution is 2.24. The predicted molar refractivity (Wildman–Crippen MR) is 114 cm³/mol. The van der Waals surface area contributed by atoms with Gasteiger partial charge >= 0.3 is 0 Å². The molecule has 2 heterocycles. The summed E-state index contributed by atoms with van der Waals surface area (Å²) in [5.74, 6) is 0.981. The van der Waals surface area contributed by atoms with E-state index in [1.807, 2.05) is 0 Å². The second-order valence-electron chi connectivity index (χ2n) is 7.85. The number of halogens is 1. The number of carbonyl (C=O) groups is 1. The Morgan fingerprint density at radius 2 is 1.80 bits per heavy atom. The quantitative estimate of drug-likeness (QED) is 0.692. The minimum atomic E-state index is -3.70. The van der Waals surface area contributed by atoms with Gasteiger partial charge < -0.3 is 14.2 Å². The number of benzene rings is 1. The fraction of sp³-hybridized carbons (Fsp3) is 0.500. The molecule has 0 N–H and O–H groups in total. The molecule has 2 aromatic rings. The molecule has 1 aliphatic rings. The fourth-order valence-electron chi connectivity index (χ4n) is 3.34. The monoisotopic (exact) mass is 454 g/mol. The number of nitrogens with zero attached hydrogens (tertiary/aromatic N) is 4. The van der Waals surface area contributed by atoms with Crippen molar-refractivity contribution >= 4 is 27.5 Å². The van der Waals surface area contributed by atoms with Gasteiger partial charge in [0.1, 0.15) is 11.6 Å². The van der Waals surface area contributed by atoms with Crippen LogP contribution < -0.4 is 4.74 Å². The number of aromatic nitrogens is 2. The molecule has 0 spiro atoms. The van der Waals surface area contributed by atoms with Gasteiger partial charge in [0.25, 0.3) is 15.9 Å². The lowest BCUT2D eigenvalue weighted by atomic mass is 10.1. The summed E-state index contributed by atoms with van der Waals surface area (Å²) in [5, 5.41) is 0.622. The molecule has 1 fully saturated rings. The van der Waals surface area contributed by atoms with Crippen LogP contribution in [0.15, 0.2) is 35.5 Å². The van der Waals surface area contributed by atoms with Crippen LogP contribution in [0.2, 0.25) is 5.02 Å². The lowest BCUT2D eigenvalue weighted by molar-refractivity contribution is -0.145. The topological polar surface area (TPSA) is 84.7 Å². The summed E-state index contributed by atoms with van der Waals surface area (Å²) >= 11 is 5.90. The third kappa shape index (κ3) is 4.79. The molecule has 1 aromatic heterocycles. The van der Waals surface area contributed by atoms with Gasteiger partial charge in [0, 0.05) is 44.4 Å². The van der Waals surface area contributed by atoms with Gasteiger partial charge in [0.05, 0.1) is 0 Å². The molecule has 1 aromatic carbocycles. The van der Waals surface area contributed by atoms with Crippen LogP contribution in [0.5, 0.6) is 5.75 Å². The van der Waals surface area contributed by atoms with Gasteiger partial charge in [-0.25, -0.2) is 13.4 Å². The van der Waals surface area contributed by atoms with E-state index >= 15 is 0 Å². The Hall–Kier alpha value is -2.10. The lowest BCUT2D eigenvalue weighted by Gasteiger charge is -2.31. The number of hydrogen-bond donors (Lipinski definition) is 0. The summed E-state index contributed by atoms with van der Waals surface area (Å²) in [4.78, 5) is 18.9. The van der Waals surface area contributed by atoms with Crippen molar-refractivity contribution in [2.24, 2.45) is 7.05 Å². The standard InChI is InChI=1S/C20H27ClN4O4S/c1-15-22-18(14-23(15)4)30(27,28)25-11-5-10-24(12-13-25)19(26)20(2,3)29-17-8-6-16(21)7-9-17/h6-9,14H,5,10-13H2,1-4H3. The number of rotatable bonds is 5. The highest BCUT2D eigenvalue weighted by molar-refractivity contribution is 7.89. The maximum atomic E-state index is 13.1. The molecule has 0 radical (unpaired) electrons. The molecule has 3 rings (SSSR count). The van der Waals surface area contributed by atoms with E-state index in [0.717, 1.165) is 0 Å². The number of imidazole rings is 1. The number of amides is 1. The van der Waals surface area contributed by atoms with Crippen LogP contribution in [0.4, 0.5) is 0 Å². The lowest BCUT2D eigenvalue weighted by Crippen LogP contribution is -2.50. The summed E-state index contributed by atoms with van der Waals surface area (Å²) in [7, 11) is -1.95. The number of hydrogen-bond acceptors (Lipinski definition) is 5. The molecule has 30 heavy (non-hydrogen) atoms. The van der Waals surface area contributed by atoms with Crippen molar-refractivity contribution in [1.29, 1.82) is 0 Å². The van der Waals surface area contributed by atoms with Crippen molar-refractivity contribution in [2.45, 2.75) is 37.8 Å². The Kier molecular flexibility index (Phi) is 6.45. The second-order valence-corrected chi connectivity index (χ2v) is 10.2. The predicted octanol–water partition coefficient (Wildman–Crippen LogP) is 2.46. The zero-order chi connectivity index (χ0) is 22.1. The molecule has 0 aliphatic carbocycles. The van der Waals surface area contributed by atoms with E-state index in [1.165, 1.54) is 10.5 Å². The van der Waals surface area contributed by atoms with E-state index in [-0.39, 0.29) is 24.0 Å². The smallest absolute Gasteiger partial charge is 0.266 e. The van der Waals surface area contributed by atoms with Gasteiger partial charge in [-0.1, -0.05) is 11.6 Å². The number of aryl methyl sites for hydroxylation is 2. The minimum Gasteiger partial charge on any atom is -0.478 e. The number of ether oxygens (including phenoxy) is 1. The van der Waals surface area contributed by atoms with E-state index in [9.17, 15) is 13.2 Å². The Morgan fingerprint density at radius 3 is 2.40 bits per heavy atom. The summed E-state index contributed by atoms with van der Waals surface area (Å²) in [6.45, 7) is 6.46. The minimum absolute atomic E-state index is 0.0358. The Bertz CT molecular complexity index is 998. The van der Waals surface area contributed by atoms with Crippen LogP contribution in [0.25, 0.3) is 0 Å². The van der Waals surface area contributed by atoms with Gasteiger partial charge in [0.2, 0.25) is 0 Å². The molecule has 10 heteroatoms. The van der Waals surface area contributed by atoms with Gasteiger partial charge in [-0.2, -0.15) is 4.31 Å². The van der Waals surface area contributed by atoms with Crippen molar-refractivity contribution < 1.29 is 17.9 Å². The van der Waals surface area contributed by atoms with Crippen LogP contribution in [-0.4, -0.2) is 64.9 Å². The normalized spacial score (nSPS) is 16.4. The molecule has 0 unspecified atom stereocenters. The largest absolute Gasteiger partial charge is 0.478 e. The average Bonchev–Trinajstić information content (AvgIpc) is 2.89. The molecule has 164 valence electrons. The van der Waals surface area contributed by atoms with Crippen LogP contribution in [-0.2, 0) is 21.9 Å². The SMILES string of the molecule is Cc1nc(S(=O)(=O)N2CCCN(C(=O)C(C)(C)Oc3ccc(Cl)cc3)CC2)cn1C. The maximum Gasteiger partial charge on any atom is 0.266 e. The first-order valence-corrected chi connectivity index (χ1v) is 11.6. The molecule has 1 aliphatic heterocycles. The highest BCUT2D eigenvalue weighted by Gasteiger charge is 2.37. The highest BCUT2D eigenvalue weighted by atomic mass is 35.5. The Morgan fingerprint density at radius 1 is 1.13 bits per heavy atom. The van der Waals surface area contributed by atoms with Crippen LogP contribution in [0.3, 0.4) is 0 Å². The Labute approximate surface area is 182 Å². The van der Waals surface area contributed by atoms with Crippen molar-refractivity contribution in [3.63, 3.8) is 0 Å². The van der Waals surface area contributed by atoms with E-state index in [4.69, 9.17) is 16.3 Å². The Balaban J connectivity index is 1.69. The fourth-order valence-corrected chi connectivity index (χ4v) is 4.96. The van der Waals surface area contributed by atoms with E-state index in [0.29, 0.717) is 36.1 Å². The molecule has 1 saturated heterocycles. The zero-order valence-electron chi connectivity index (χ0n) is 17.6. The molecular weight excluding hydrogens is 428 g/mol. The maximum absolute atomic E-state index is 13.1. The third-order valence-electron chi connectivity index (χ3n) is 5.13. The van der Waals surface area contributed by atoms with Crippen LogP contribution >= 0.6 is 11.6 Å². The summed E-state index contributed by atoms with van der Waals surface area (Å²) in [6.07, 6.45) is 2.05. The number of carbonyl (C=O) groups excluding carboxylic acids is 1. The first kappa shape index (κ1) is 22.6.